The molecule has 1 saturated carbocycles. The van der Waals surface area contributed by atoms with Gasteiger partial charge in [-0.1, -0.05) is 0 Å². The molecule has 15 heavy (non-hydrogen) atoms. The van der Waals surface area contributed by atoms with Crippen LogP contribution in [0.5, 0.6) is 0 Å². The molecule has 0 amide bonds. The van der Waals surface area contributed by atoms with Crippen molar-refractivity contribution in [2.24, 2.45) is 11.8 Å². The first-order chi connectivity index (χ1) is 7.36. The molecule has 2 unspecified atom stereocenters. The maximum Gasteiger partial charge on any atom is 0.113 e. The van der Waals surface area contributed by atoms with Gasteiger partial charge in [-0.2, -0.15) is 0 Å². The maximum atomic E-state index is 5.63. The van der Waals surface area contributed by atoms with E-state index >= 15 is 0 Å². The predicted molar refractivity (Wildman–Crippen MR) is 57.9 cm³/mol. The molecular weight excluding hydrogens is 192 g/mol. The molecule has 0 aromatic heterocycles. The molecule has 0 bridgehead atoms. The van der Waals surface area contributed by atoms with Crippen molar-refractivity contribution in [3.05, 3.63) is 11.8 Å². The van der Waals surface area contributed by atoms with Crippen LogP contribution in [-0.4, -0.2) is 25.9 Å². The number of hydrazine groups is 1. The first kappa shape index (κ1) is 10.9. The summed E-state index contributed by atoms with van der Waals surface area (Å²) in [4.78, 5) is 0. The Labute approximate surface area is 90.8 Å². The second-order valence-electron chi connectivity index (χ2n) is 4.28. The van der Waals surface area contributed by atoms with E-state index in [1.165, 1.54) is 12.8 Å². The third-order valence-corrected chi connectivity index (χ3v) is 3.14. The fourth-order valence-corrected chi connectivity index (χ4v) is 2.16. The molecule has 2 rings (SSSR count). The van der Waals surface area contributed by atoms with Gasteiger partial charge >= 0.3 is 0 Å². The van der Waals surface area contributed by atoms with E-state index in [0.717, 1.165) is 25.2 Å². The van der Waals surface area contributed by atoms with Gasteiger partial charge in [0.2, 0.25) is 0 Å². The quantitative estimate of drug-likeness (QED) is 0.526. The lowest BCUT2D eigenvalue weighted by atomic mass is 10.0. The SMILES string of the molecule is COC(C1CC1)C(NN)C1=CCCCO1. The minimum atomic E-state index is 0.0165. The van der Waals surface area contributed by atoms with Gasteiger partial charge in [0.05, 0.1) is 12.7 Å². The number of methoxy groups -OCH3 is 1. The van der Waals surface area contributed by atoms with Crippen LogP contribution < -0.4 is 11.3 Å². The summed E-state index contributed by atoms with van der Waals surface area (Å²) in [5.41, 5.74) is 2.83. The minimum Gasteiger partial charge on any atom is -0.496 e. The van der Waals surface area contributed by atoms with Crippen LogP contribution in [0.25, 0.3) is 0 Å². The van der Waals surface area contributed by atoms with Gasteiger partial charge in [0.1, 0.15) is 11.8 Å². The topological polar surface area (TPSA) is 56.5 Å². The fraction of sp³-hybridized carbons (Fsp3) is 0.818. The maximum absolute atomic E-state index is 5.63. The predicted octanol–water partition coefficient (Wildman–Crippen LogP) is 0.938. The number of rotatable bonds is 5. The molecule has 1 aliphatic carbocycles. The molecule has 4 heteroatoms. The summed E-state index contributed by atoms with van der Waals surface area (Å²) in [6.07, 6.45) is 6.94. The number of hydrogen-bond acceptors (Lipinski definition) is 4. The molecule has 0 spiro atoms. The van der Waals surface area contributed by atoms with Gasteiger partial charge in [-0.3, -0.25) is 5.84 Å². The molecule has 0 aromatic rings. The fourth-order valence-electron chi connectivity index (χ4n) is 2.16. The average molecular weight is 212 g/mol. The van der Waals surface area contributed by atoms with Crippen molar-refractivity contribution < 1.29 is 9.47 Å². The van der Waals surface area contributed by atoms with Gasteiger partial charge in [0, 0.05) is 7.11 Å². The van der Waals surface area contributed by atoms with E-state index in [-0.39, 0.29) is 12.1 Å². The van der Waals surface area contributed by atoms with Crippen LogP contribution in [0.2, 0.25) is 0 Å². The highest BCUT2D eigenvalue weighted by atomic mass is 16.5. The van der Waals surface area contributed by atoms with Crippen molar-refractivity contribution in [1.82, 2.24) is 5.43 Å². The highest BCUT2D eigenvalue weighted by Gasteiger charge is 2.38. The monoisotopic (exact) mass is 212 g/mol. The van der Waals surface area contributed by atoms with Crippen LogP contribution in [0.3, 0.4) is 0 Å². The Kier molecular flexibility index (Phi) is 3.61. The highest BCUT2D eigenvalue weighted by Crippen LogP contribution is 2.37. The van der Waals surface area contributed by atoms with Gasteiger partial charge in [0.15, 0.2) is 0 Å². The number of nitrogens with one attached hydrogen (secondary N) is 1. The van der Waals surface area contributed by atoms with Crippen molar-refractivity contribution in [2.75, 3.05) is 13.7 Å². The van der Waals surface area contributed by atoms with Crippen molar-refractivity contribution in [3.63, 3.8) is 0 Å². The molecule has 2 atom stereocenters. The average Bonchev–Trinajstić information content (AvgIpc) is 3.11. The van der Waals surface area contributed by atoms with Gasteiger partial charge in [-0.15, -0.1) is 0 Å². The summed E-state index contributed by atoms with van der Waals surface area (Å²) in [6.45, 7) is 0.797. The second kappa shape index (κ2) is 4.96. The number of hydrogen-bond donors (Lipinski definition) is 2. The van der Waals surface area contributed by atoms with E-state index in [9.17, 15) is 0 Å². The van der Waals surface area contributed by atoms with Crippen LogP contribution in [0.15, 0.2) is 11.8 Å². The van der Waals surface area contributed by atoms with E-state index in [1.807, 2.05) is 0 Å². The Bertz CT molecular complexity index is 239. The van der Waals surface area contributed by atoms with Crippen LogP contribution >= 0.6 is 0 Å². The lowest BCUT2D eigenvalue weighted by Gasteiger charge is -2.29. The van der Waals surface area contributed by atoms with Crippen molar-refractivity contribution in [1.29, 1.82) is 0 Å². The van der Waals surface area contributed by atoms with Gasteiger partial charge in [0.25, 0.3) is 0 Å². The standard InChI is InChI=1S/C11H20N2O2/c1-14-11(8-5-6-8)10(13-12)9-4-2-3-7-15-9/h4,8,10-11,13H,2-3,5-7,12H2,1H3. The first-order valence-electron chi connectivity index (χ1n) is 5.68. The molecule has 3 N–H and O–H groups in total. The lowest BCUT2D eigenvalue weighted by molar-refractivity contribution is 0.0359. The van der Waals surface area contributed by atoms with E-state index in [1.54, 1.807) is 7.11 Å². The van der Waals surface area contributed by atoms with Crippen molar-refractivity contribution in [2.45, 2.75) is 37.8 Å². The van der Waals surface area contributed by atoms with Crippen LogP contribution in [0.1, 0.15) is 25.7 Å². The Morgan fingerprint density at radius 2 is 2.40 bits per heavy atom. The smallest absolute Gasteiger partial charge is 0.113 e. The summed E-state index contributed by atoms with van der Waals surface area (Å²) in [7, 11) is 1.75. The van der Waals surface area contributed by atoms with E-state index < -0.39 is 0 Å². The van der Waals surface area contributed by atoms with Gasteiger partial charge in [-0.25, -0.2) is 5.43 Å². The third-order valence-electron chi connectivity index (χ3n) is 3.14. The number of ether oxygens (including phenoxy) is 2. The van der Waals surface area contributed by atoms with Crippen LogP contribution in [-0.2, 0) is 9.47 Å². The second-order valence-corrected chi connectivity index (χ2v) is 4.28. The lowest BCUT2D eigenvalue weighted by Crippen LogP contribution is -2.48. The molecule has 1 fully saturated rings. The molecule has 4 nitrogen and oxygen atoms in total. The summed E-state index contributed by atoms with van der Waals surface area (Å²) in [5.74, 6) is 7.20. The summed E-state index contributed by atoms with van der Waals surface area (Å²) in [6, 6.07) is 0.0165. The molecular formula is C11H20N2O2. The zero-order chi connectivity index (χ0) is 10.7. The molecule has 1 aliphatic heterocycles. The molecule has 0 aromatic carbocycles. The van der Waals surface area contributed by atoms with E-state index in [2.05, 4.69) is 11.5 Å². The van der Waals surface area contributed by atoms with Crippen molar-refractivity contribution in [3.8, 4) is 0 Å². The van der Waals surface area contributed by atoms with Crippen LogP contribution in [0.4, 0.5) is 0 Å². The zero-order valence-electron chi connectivity index (χ0n) is 9.24. The number of nitrogens with two attached hydrogens (primary N) is 1. The highest BCUT2D eigenvalue weighted by molar-refractivity contribution is 5.10. The molecule has 0 radical (unpaired) electrons. The number of allylic oxidation sites excluding steroid dienone is 1. The first-order valence-corrected chi connectivity index (χ1v) is 5.68. The molecule has 1 heterocycles. The third kappa shape index (κ3) is 2.51. The Morgan fingerprint density at radius 1 is 1.60 bits per heavy atom. The largest absolute Gasteiger partial charge is 0.496 e. The Morgan fingerprint density at radius 3 is 2.87 bits per heavy atom. The minimum absolute atomic E-state index is 0.0165. The molecule has 2 aliphatic rings. The van der Waals surface area contributed by atoms with E-state index in [4.69, 9.17) is 15.3 Å². The van der Waals surface area contributed by atoms with Crippen molar-refractivity contribution >= 4 is 0 Å². The zero-order valence-corrected chi connectivity index (χ0v) is 9.24. The Hall–Kier alpha value is -0.580. The Balaban J connectivity index is 2.03. The summed E-state index contributed by atoms with van der Waals surface area (Å²) >= 11 is 0. The summed E-state index contributed by atoms with van der Waals surface area (Å²) < 4.78 is 11.1. The van der Waals surface area contributed by atoms with Crippen LogP contribution in [0, 0.1) is 5.92 Å². The molecule has 0 saturated heterocycles. The van der Waals surface area contributed by atoms with E-state index in [0.29, 0.717) is 5.92 Å². The van der Waals surface area contributed by atoms with Gasteiger partial charge < -0.3 is 9.47 Å². The summed E-state index contributed by atoms with van der Waals surface area (Å²) in [5, 5.41) is 0. The molecule has 86 valence electrons. The van der Waals surface area contributed by atoms with Gasteiger partial charge in [-0.05, 0) is 37.7 Å². The normalized spacial score (nSPS) is 25.3.